The van der Waals surface area contributed by atoms with Gasteiger partial charge < -0.3 is 4.98 Å². The zero-order valence-corrected chi connectivity index (χ0v) is 9.25. The van der Waals surface area contributed by atoms with Gasteiger partial charge in [0.15, 0.2) is 0 Å². The van der Waals surface area contributed by atoms with Crippen LogP contribution in [0.15, 0.2) is 11.6 Å². The summed E-state index contributed by atoms with van der Waals surface area (Å²) >= 11 is 0. The minimum absolute atomic E-state index is 0.133. The smallest absolute Gasteiger partial charge is 0.149 e. The van der Waals surface area contributed by atoms with E-state index < -0.39 is 0 Å². The van der Waals surface area contributed by atoms with E-state index in [1.807, 2.05) is 12.1 Å². The van der Waals surface area contributed by atoms with Crippen LogP contribution in [0.2, 0.25) is 0 Å². The second-order valence-corrected chi connectivity index (χ2v) is 3.98. The molecular formula is C13H10N4. The largest absolute Gasteiger partial charge is 0.358 e. The molecule has 1 aliphatic rings. The molecule has 1 aliphatic carbocycles. The van der Waals surface area contributed by atoms with Gasteiger partial charge in [-0.1, -0.05) is 0 Å². The zero-order chi connectivity index (χ0) is 12.3. The van der Waals surface area contributed by atoms with E-state index in [0.29, 0.717) is 5.69 Å². The molecule has 0 aliphatic heterocycles. The maximum Gasteiger partial charge on any atom is 0.149 e. The van der Waals surface area contributed by atoms with Crippen molar-refractivity contribution in [3.8, 4) is 18.2 Å². The number of fused-ring (bicyclic) bond motifs is 1. The van der Waals surface area contributed by atoms with Gasteiger partial charge in [0.25, 0.3) is 0 Å². The summed E-state index contributed by atoms with van der Waals surface area (Å²) in [5, 5.41) is 26.6. The number of rotatable bonds is 1. The Labute approximate surface area is 99.4 Å². The number of aryl methyl sites for hydroxylation is 2. The van der Waals surface area contributed by atoms with Crippen molar-refractivity contribution in [2.45, 2.75) is 25.7 Å². The van der Waals surface area contributed by atoms with E-state index in [9.17, 15) is 0 Å². The summed E-state index contributed by atoms with van der Waals surface area (Å²) in [6, 6.07) is 7.34. The van der Waals surface area contributed by atoms with Crippen molar-refractivity contribution in [3.05, 3.63) is 28.6 Å². The molecule has 17 heavy (non-hydrogen) atoms. The third-order valence-corrected chi connectivity index (χ3v) is 2.97. The highest BCUT2D eigenvalue weighted by atomic mass is 14.7. The molecule has 4 heteroatoms. The molecule has 0 amide bonds. The van der Waals surface area contributed by atoms with Crippen molar-refractivity contribution in [3.63, 3.8) is 0 Å². The number of nitrogens with one attached hydrogen (secondary N) is 1. The first-order valence-electron chi connectivity index (χ1n) is 5.46. The Morgan fingerprint density at radius 2 is 1.76 bits per heavy atom. The van der Waals surface area contributed by atoms with Crippen LogP contribution in [-0.4, -0.2) is 4.98 Å². The number of aromatic amines is 1. The van der Waals surface area contributed by atoms with Crippen LogP contribution in [0.1, 0.15) is 29.8 Å². The van der Waals surface area contributed by atoms with Crippen LogP contribution < -0.4 is 0 Å². The molecule has 0 unspecified atom stereocenters. The van der Waals surface area contributed by atoms with Gasteiger partial charge in [-0.3, -0.25) is 0 Å². The lowest BCUT2D eigenvalue weighted by Crippen LogP contribution is -1.99. The van der Waals surface area contributed by atoms with Gasteiger partial charge in [0, 0.05) is 5.69 Å². The summed E-state index contributed by atoms with van der Waals surface area (Å²) in [4.78, 5) is 3.15. The first-order valence-corrected chi connectivity index (χ1v) is 5.46. The van der Waals surface area contributed by atoms with E-state index in [1.165, 1.54) is 5.56 Å². The standard InChI is InChI=1S/C13H10N4/c14-6-10(7-15)11(8-16)13-5-9-3-1-2-4-12(9)17-13/h5,17H,1-4H2. The average Bonchev–Trinajstić information content (AvgIpc) is 2.78. The highest BCUT2D eigenvalue weighted by molar-refractivity contribution is 5.83. The lowest BCUT2D eigenvalue weighted by Gasteiger charge is -2.08. The second kappa shape index (κ2) is 4.56. The highest BCUT2D eigenvalue weighted by Crippen LogP contribution is 2.26. The lowest BCUT2D eigenvalue weighted by atomic mass is 9.98. The van der Waals surface area contributed by atoms with Crippen molar-refractivity contribution in [1.82, 2.24) is 4.98 Å². The van der Waals surface area contributed by atoms with E-state index in [2.05, 4.69) is 4.98 Å². The van der Waals surface area contributed by atoms with Crippen molar-refractivity contribution in [2.75, 3.05) is 0 Å². The summed E-state index contributed by atoms with van der Waals surface area (Å²) in [5.41, 5.74) is 2.94. The first-order chi connectivity index (χ1) is 8.30. The molecule has 0 saturated carbocycles. The average molecular weight is 222 g/mol. The zero-order valence-electron chi connectivity index (χ0n) is 9.25. The summed E-state index contributed by atoms with van der Waals surface area (Å²) in [6.07, 6.45) is 4.27. The molecule has 0 bridgehead atoms. The molecule has 0 saturated heterocycles. The van der Waals surface area contributed by atoms with Crippen molar-refractivity contribution in [1.29, 1.82) is 15.8 Å². The van der Waals surface area contributed by atoms with E-state index >= 15 is 0 Å². The topological polar surface area (TPSA) is 87.2 Å². The molecule has 1 N–H and O–H groups in total. The minimum Gasteiger partial charge on any atom is -0.358 e. The molecule has 1 aromatic heterocycles. The molecule has 0 atom stereocenters. The number of nitrogens with zero attached hydrogens (tertiary/aromatic N) is 3. The Morgan fingerprint density at radius 3 is 2.35 bits per heavy atom. The molecule has 2 rings (SSSR count). The first kappa shape index (κ1) is 11.0. The van der Waals surface area contributed by atoms with E-state index in [-0.39, 0.29) is 11.1 Å². The van der Waals surface area contributed by atoms with Crippen LogP contribution in [0.4, 0.5) is 0 Å². The van der Waals surface area contributed by atoms with Crippen molar-refractivity contribution >= 4 is 5.57 Å². The molecule has 4 nitrogen and oxygen atoms in total. The number of hydrogen-bond donors (Lipinski definition) is 1. The molecule has 82 valence electrons. The van der Waals surface area contributed by atoms with Crippen LogP contribution >= 0.6 is 0 Å². The lowest BCUT2D eigenvalue weighted by molar-refractivity contribution is 0.677. The fourth-order valence-corrected chi connectivity index (χ4v) is 2.13. The SMILES string of the molecule is N#CC(C#N)=C(C#N)c1cc2c([nH]1)CCCC2. The number of nitriles is 3. The summed E-state index contributed by atoms with van der Waals surface area (Å²) in [7, 11) is 0. The normalized spacial score (nSPS) is 12.8. The fourth-order valence-electron chi connectivity index (χ4n) is 2.13. The summed E-state index contributed by atoms with van der Waals surface area (Å²) < 4.78 is 0. The van der Waals surface area contributed by atoms with Gasteiger partial charge in [-0.25, -0.2) is 0 Å². The highest BCUT2D eigenvalue weighted by Gasteiger charge is 2.16. The fraction of sp³-hybridized carbons (Fsp3) is 0.308. The van der Waals surface area contributed by atoms with Crippen LogP contribution in [0.5, 0.6) is 0 Å². The van der Waals surface area contributed by atoms with Gasteiger partial charge in [0.1, 0.15) is 29.4 Å². The molecule has 1 heterocycles. The Kier molecular flexibility index (Phi) is 2.95. The van der Waals surface area contributed by atoms with Crippen LogP contribution in [0.3, 0.4) is 0 Å². The van der Waals surface area contributed by atoms with Gasteiger partial charge in [-0.2, -0.15) is 15.8 Å². The van der Waals surface area contributed by atoms with Gasteiger partial charge in [0.05, 0.1) is 5.69 Å². The minimum atomic E-state index is -0.133. The van der Waals surface area contributed by atoms with Crippen LogP contribution in [0.25, 0.3) is 5.57 Å². The van der Waals surface area contributed by atoms with E-state index in [4.69, 9.17) is 15.8 Å². The van der Waals surface area contributed by atoms with Crippen molar-refractivity contribution in [2.24, 2.45) is 0 Å². The Morgan fingerprint density at radius 1 is 1.06 bits per heavy atom. The second-order valence-electron chi connectivity index (χ2n) is 3.98. The van der Waals surface area contributed by atoms with Gasteiger partial charge >= 0.3 is 0 Å². The number of allylic oxidation sites excluding steroid dienone is 2. The van der Waals surface area contributed by atoms with Crippen molar-refractivity contribution < 1.29 is 0 Å². The van der Waals surface area contributed by atoms with Gasteiger partial charge in [0.2, 0.25) is 0 Å². The number of hydrogen-bond acceptors (Lipinski definition) is 3. The van der Waals surface area contributed by atoms with Gasteiger partial charge in [-0.05, 0) is 37.3 Å². The van der Waals surface area contributed by atoms with E-state index in [1.54, 1.807) is 12.1 Å². The molecule has 0 fully saturated rings. The summed E-state index contributed by atoms with van der Waals surface area (Å²) in [6.45, 7) is 0. The third-order valence-electron chi connectivity index (χ3n) is 2.97. The molecule has 1 aromatic rings. The predicted octanol–water partition coefficient (Wildman–Crippen LogP) is 2.22. The number of H-pyrrole nitrogens is 1. The number of aromatic nitrogens is 1. The Hall–Kier alpha value is -2.51. The maximum absolute atomic E-state index is 9.04. The van der Waals surface area contributed by atoms with Gasteiger partial charge in [-0.15, -0.1) is 0 Å². The molecular weight excluding hydrogens is 212 g/mol. The maximum atomic E-state index is 9.04. The van der Waals surface area contributed by atoms with E-state index in [0.717, 1.165) is 31.4 Å². The Balaban J connectivity index is 2.51. The molecule has 0 spiro atoms. The summed E-state index contributed by atoms with van der Waals surface area (Å²) in [5.74, 6) is 0. The molecule has 0 radical (unpaired) electrons. The van der Waals surface area contributed by atoms with Crippen LogP contribution in [-0.2, 0) is 12.8 Å². The monoisotopic (exact) mass is 222 g/mol. The molecule has 0 aromatic carbocycles. The third kappa shape index (κ3) is 1.92. The van der Waals surface area contributed by atoms with Crippen LogP contribution in [0, 0.1) is 34.0 Å². The Bertz CT molecular complexity index is 559. The predicted molar refractivity (Wildman–Crippen MR) is 61.2 cm³/mol. The quantitative estimate of drug-likeness (QED) is 0.739.